The van der Waals surface area contributed by atoms with Gasteiger partial charge in [0.1, 0.15) is 11.6 Å². The molecule has 3 nitrogen and oxygen atoms in total. The number of hydrogen-bond acceptors (Lipinski definition) is 3. The minimum atomic E-state index is -0.389. The first kappa shape index (κ1) is 12.5. The molecule has 94 valence electrons. The highest BCUT2D eigenvalue weighted by atomic mass is 19.1. The van der Waals surface area contributed by atoms with E-state index in [-0.39, 0.29) is 11.9 Å². The second-order valence-corrected chi connectivity index (χ2v) is 4.06. The Hall–Kier alpha value is -1.94. The maximum atomic E-state index is 13.5. The zero-order valence-electron chi connectivity index (χ0n) is 10.1. The Morgan fingerprint density at radius 3 is 2.94 bits per heavy atom. The number of rotatable bonds is 4. The van der Waals surface area contributed by atoms with Crippen LogP contribution in [0, 0.1) is 5.82 Å². The number of nitrogens with zero attached hydrogens (tertiary/aromatic N) is 1. The molecule has 1 aromatic carbocycles. The molecule has 0 aliphatic rings. The molecule has 1 aromatic heterocycles. The molecule has 0 aliphatic heterocycles. The molecule has 0 spiro atoms. The van der Waals surface area contributed by atoms with Gasteiger partial charge in [0.15, 0.2) is 0 Å². The second-order valence-electron chi connectivity index (χ2n) is 4.06. The summed E-state index contributed by atoms with van der Waals surface area (Å²) in [4.78, 5) is 3.71. The van der Waals surface area contributed by atoms with E-state index in [1.807, 2.05) is 24.3 Å². The number of nitrogens with two attached hydrogens (primary N) is 1. The molecule has 0 saturated carbocycles. The number of pyridine rings is 1. The molecule has 1 atom stereocenters. The van der Waals surface area contributed by atoms with Crippen molar-refractivity contribution in [3.8, 4) is 5.75 Å². The summed E-state index contributed by atoms with van der Waals surface area (Å²) in [6.45, 7) is 0. The van der Waals surface area contributed by atoms with Gasteiger partial charge in [0, 0.05) is 17.8 Å². The van der Waals surface area contributed by atoms with E-state index in [2.05, 4.69) is 4.98 Å². The van der Waals surface area contributed by atoms with Gasteiger partial charge < -0.3 is 10.5 Å². The quantitative estimate of drug-likeness (QED) is 0.901. The molecule has 1 heterocycles. The molecule has 0 fully saturated rings. The highest BCUT2D eigenvalue weighted by molar-refractivity contribution is 5.30. The normalized spacial score (nSPS) is 12.2. The van der Waals surface area contributed by atoms with Crippen LogP contribution in [0.1, 0.15) is 17.2 Å². The van der Waals surface area contributed by atoms with Crippen molar-refractivity contribution in [2.75, 3.05) is 7.11 Å². The summed E-state index contributed by atoms with van der Waals surface area (Å²) in [5, 5.41) is 0. The summed E-state index contributed by atoms with van der Waals surface area (Å²) in [5.41, 5.74) is 7.50. The van der Waals surface area contributed by atoms with Crippen LogP contribution in [0.4, 0.5) is 4.39 Å². The van der Waals surface area contributed by atoms with Gasteiger partial charge in [0.25, 0.3) is 0 Å². The van der Waals surface area contributed by atoms with E-state index >= 15 is 0 Å². The van der Waals surface area contributed by atoms with Gasteiger partial charge in [-0.2, -0.15) is 0 Å². The van der Waals surface area contributed by atoms with E-state index in [1.165, 1.54) is 6.20 Å². The van der Waals surface area contributed by atoms with E-state index < -0.39 is 0 Å². The molecule has 0 bridgehead atoms. The molecule has 0 radical (unpaired) electrons. The van der Waals surface area contributed by atoms with Crippen LogP contribution < -0.4 is 10.5 Å². The van der Waals surface area contributed by atoms with Gasteiger partial charge in [-0.1, -0.05) is 12.1 Å². The lowest BCUT2D eigenvalue weighted by atomic mass is 10.00. The number of methoxy groups -OCH3 is 1. The van der Waals surface area contributed by atoms with E-state index in [0.717, 1.165) is 11.3 Å². The highest BCUT2D eigenvalue weighted by Crippen LogP contribution is 2.20. The van der Waals surface area contributed by atoms with Crippen LogP contribution >= 0.6 is 0 Å². The first-order valence-corrected chi connectivity index (χ1v) is 5.68. The predicted molar refractivity (Wildman–Crippen MR) is 67.8 cm³/mol. The number of ether oxygens (including phenoxy) is 1. The van der Waals surface area contributed by atoms with Gasteiger partial charge >= 0.3 is 0 Å². The lowest BCUT2D eigenvalue weighted by Crippen LogP contribution is -2.15. The zero-order valence-corrected chi connectivity index (χ0v) is 10.1. The summed E-state index contributed by atoms with van der Waals surface area (Å²) < 4.78 is 18.7. The van der Waals surface area contributed by atoms with Crippen molar-refractivity contribution in [1.82, 2.24) is 4.98 Å². The van der Waals surface area contributed by atoms with Crippen LogP contribution in [0.5, 0.6) is 5.75 Å². The van der Waals surface area contributed by atoms with Crippen LogP contribution in [0.25, 0.3) is 0 Å². The molecule has 1 unspecified atom stereocenters. The van der Waals surface area contributed by atoms with Gasteiger partial charge in [0.2, 0.25) is 0 Å². The first-order valence-electron chi connectivity index (χ1n) is 5.68. The maximum Gasteiger partial charge on any atom is 0.146 e. The smallest absolute Gasteiger partial charge is 0.146 e. The van der Waals surface area contributed by atoms with Gasteiger partial charge in [-0.25, -0.2) is 4.39 Å². The SMILES string of the molecule is COc1cccc(CC(N)c2ccncc2F)c1. The Morgan fingerprint density at radius 1 is 1.39 bits per heavy atom. The third kappa shape index (κ3) is 2.84. The minimum absolute atomic E-state index is 0.368. The molecule has 0 aliphatic carbocycles. The van der Waals surface area contributed by atoms with Crippen LogP contribution in [0.3, 0.4) is 0 Å². The maximum absolute atomic E-state index is 13.5. The molecule has 0 saturated heterocycles. The Balaban J connectivity index is 2.16. The first-order chi connectivity index (χ1) is 8.70. The fourth-order valence-electron chi connectivity index (χ4n) is 1.85. The van der Waals surface area contributed by atoms with E-state index in [0.29, 0.717) is 12.0 Å². The Kier molecular flexibility index (Phi) is 3.89. The topological polar surface area (TPSA) is 48.1 Å². The second kappa shape index (κ2) is 5.60. The van der Waals surface area contributed by atoms with Crippen molar-refractivity contribution in [1.29, 1.82) is 0 Å². The van der Waals surface area contributed by atoms with Crippen molar-refractivity contribution in [3.05, 3.63) is 59.7 Å². The molecule has 2 N–H and O–H groups in total. The third-order valence-electron chi connectivity index (χ3n) is 2.79. The fourth-order valence-corrected chi connectivity index (χ4v) is 1.85. The predicted octanol–water partition coefficient (Wildman–Crippen LogP) is 2.47. The molecule has 2 aromatic rings. The van der Waals surface area contributed by atoms with Crippen LogP contribution in [-0.4, -0.2) is 12.1 Å². The van der Waals surface area contributed by atoms with E-state index in [4.69, 9.17) is 10.5 Å². The van der Waals surface area contributed by atoms with Gasteiger partial charge in [0.05, 0.1) is 13.3 Å². The molecule has 2 rings (SSSR count). The lowest BCUT2D eigenvalue weighted by Gasteiger charge is -2.13. The fraction of sp³-hybridized carbons (Fsp3) is 0.214. The number of hydrogen-bond donors (Lipinski definition) is 1. The van der Waals surface area contributed by atoms with Gasteiger partial charge in [-0.15, -0.1) is 0 Å². The van der Waals surface area contributed by atoms with Gasteiger partial charge in [-0.05, 0) is 30.2 Å². The molecular formula is C14H15FN2O. The Morgan fingerprint density at radius 2 is 2.22 bits per heavy atom. The average Bonchev–Trinajstić information content (AvgIpc) is 2.39. The van der Waals surface area contributed by atoms with E-state index in [1.54, 1.807) is 19.4 Å². The molecular weight excluding hydrogens is 231 g/mol. The van der Waals surface area contributed by atoms with Crippen molar-refractivity contribution in [2.24, 2.45) is 5.73 Å². The largest absolute Gasteiger partial charge is 0.497 e. The minimum Gasteiger partial charge on any atom is -0.497 e. The zero-order chi connectivity index (χ0) is 13.0. The highest BCUT2D eigenvalue weighted by Gasteiger charge is 2.12. The van der Waals surface area contributed by atoms with Crippen LogP contribution in [-0.2, 0) is 6.42 Å². The summed E-state index contributed by atoms with van der Waals surface area (Å²) >= 11 is 0. The number of aromatic nitrogens is 1. The van der Waals surface area contributed by atoms with Crippen molar-refractivity contribution in [3.63, 3.8) is 0 Å². The Bertz CT molecular complexity index is 531. The third-order valence-corrected chi connectivity index (χ3v) is 2.79. The standard InChI is InChI=1S/C14H15FN2O/c1-18-11-4-2-3-10(7-11)8-14(16)12-5-6-17-9-13(12)15/h2-7,9,14H,8,16H2,1H3. The Labute approximate surface area is 105 Å². The van der Waals surface area contributed by atoms with Crippen molar-refractivity contribution < 1.29 is 9.13 Å². The summed E-state index contributed by atoms with van der Waals surface area (Å²) in [5.74, 6) is 0.405. The number of benzene rings is 1. The van der Waals surface area contributed by atoms with Crippen LogP contribution in [0.15, 0.2) is 42.7 Å². The van der Waals surface area contributed by atoms with Crippen molar-refractivity contribution in [2.45, 2.75) is 12.5 Å². The summed E-state index contributed by atoms with van der Waals surface area (Å²) in [7, 11) is 1.61. The summed E-state index contributed by atoms with van der Waals surface area (Å²) in [6.07, 6.45) is 3.28. The molecule has 0 amide bonds. The van der Waals surface area contributed by atoms with Crippen LogP contribution in [0.2, 0.25) is 0 Å². The average molecular weight is 246 g/mol. The van der Waals surface area contributed by atoms with E-state index in [9.17, 15) is 4.39 Å². The monoisotopic (exact) mass is 246 g/mol. The molecule has 4 heteroatoms. The number of halogens is 1. The lowest BCUT2D eigenvalue weighted by molar-refractivity contribution is 0.414. The molecule has 18 heavy (non-hydrogen) atoms. The van der Waals surface area contributed by atoms with Gasteiger partial charge in [-0.3, -0.25) is 4.98 Å². The van der Waals surface area contributed by atoms with Crippen molar-refractivity contribution >= 4 is 0 Å². The summed E-state index contributed by atoms with van der Waals surface area (Å²) in [6, 6.07) is 8.83.